The van der Waals surface area contributed by atoms with Crippen LogP contribution in [0.5, 0.6) is 0 Å². The van der Waals surface area contributed by atoms with E-state index in [0.29, 0.717) is 12.6 Å². The molecule has 1 unspecified atom stereocenters. The van der Waals surface area contributed by atoms with Gasteiger partial charge in [0.1, 0.15) is 5.54 Å². The maximum Gasteiger partial charge on any atom is 0.325 e. The number of hydrogen-bond acceptors (Lipinski definition) is 3. The fourth-order valence-corrected chi connectivity index (χ4v) is 1.90. The number of aryl methyl sites for hydroxylation is 1. The molecule has 1 atom stereocenters. The first-order valence-electron chi connectivity index (χ1n) is 5.92. The third-order valence-electron chi connectivity index (χ3n) is 3.40. The summed E-state index contributed by atoms with van der Waals surface area (Å²) < 4.78 is 1.90. The SMILES string of the molecule is Cc1ncn(CC(C)(NC2CC2)C(=O)O)c1C. The summed E-state index contributed by atoms with van der Waals surface area (Å²) in [6, 6.07) is 0.362. The lowest BCUT2D eigenvalue weighted by molar-refractivity contribution is -0.144. The third kappa shape index (κ3) is 2.49. The monoisotopic (exact) mass is 237 g/mol. The highest BCUT2D eigenvalue weighted by Crippen LogP contribution is 2.24. The van der Waals surface area contributed by atoms with Crippen molar-refractivity contribution in [3.63, 3.8) is 0 Å². The van der Waals surface area contributed by atoms with E-state index in [1.54, 1.807) is 13.3 Å². The van der Waals surface area contributed by atoms with E-state index >= 15 is 0 Å². The molecule has 2 rings (SSSR count). The van der Waals surface area contributed by atoms with Crippen LogP contribution in [0.3, 0.4) is 0 Å². The predicted octanol–water partition coefficient (Wildman–Crippen LogP) is 1.10. The minimum Gasteiger partial charge on any atom is -0.480 e. The molecular formula is C12H19N3O2. The molecule has 0 radical (unpaired) electrons. The molecule has 0 saturated heterocycles. The molecule has 1 aliphatic carbocycles. The van der Waals surface area contributed by atoms with Gasteiger partial charge in [-0.3, -0.25) is 10.1 Å². The number of carboxylic acid groups (broad SMARTS) is 1. The first kappa shape index (κ1) is 12.1. The van der Waals surface area contributed by atoms with Crippen LogP contribution in [0.15, 0.2) is 6.33 Å². The molecule has 94 valence electrons. The van der Waals surface area contributed by atoms with E-state index in [0.717, 1.165) is 24.2 Å². The zero-order valence-corrected chi connectivity index (χ0v) is 10.5. The van der Waals surface area contributed by atoms with Gasteiger partial charge in [0.15, 0.2) is 0 Å². The lowest BCUT2D eigenvalue weighted by atomic mass is 10.0. The van der Waals surface area contributed by atoms with E-state index in [4.69, 9.17) is 0 Å². The van der Waals surface area contributed by atoms with Crippen LogP contribution in [0.1, 0.15) is 31.2 Å². The summed E-state index contributed by atoms with van der Waals surface area (Å²) in [5, 5.41) is 12.6. The Morgan fingerprint density at radius 3 is 2.71 bits per heavy atom. The van der Waals surface area contributed by atoms with Gasteiger partial charge in [-0.25, -0.2) is 4.98 Å². The van der Waals surface area contributed by atoms with E-state index in [1.807, 2.05) is 18.4 Å². The molecule has 1 aliphatic rings. The Labute approximate surface area is 101 Å². The Morgan fingerprint density at radius 2 is 2.29 bits per heavy atom. The molecule has 0 amide bonds. The Balaban J connectivity index is 2.16. The molecule has 0 aromatic carbocycles. The van der Waals surface area contributed by atoms with E-state index < -0.39 is 11.5 Å². The number of nitrogens with one attached hydrogen (secondary N) is 1. The Morgan fingerprint density at radius 1 is 1.65 bits per heavy atom. The molecule has 1 aromatic heterocycles. The summed E-state index contributed by atoms with van der Waals surface area (Å²) in [5.41, 5.74) is 1.05. The number of rotatable bonds is 5. The maximum atomic E-state index is 11.4. The van der Waals surface area contributed by atoms with Crippen molar-refractivity contribution >= 4 is 5.97 Å². The second-order valence-electron chi connectivity index (χ2n) is 5.10. The van der Waals surface area contributed by atoms with Crippen LogP contribution in [0.2, 0.25) is 0 Å². The van der Waals surface area contributed by atoms with Gasteiger partial charge in [0.2, 0.25) is 0 Å². The first-order chi connectivity index (χ1) is 7.92. The van der Waals surface area contributed by atoms with Gasteiger partial charge < -0.3 is 9.67 Å². The molecule has 5 heteroatoms. The highest BCUT2D eigenvalue weighted by Gasteiger charge is 2.39. The van der Waals surface area contributed by atoms with Crippen LogP contribution in [0, 0.1) is 13.8 Å². The van der Waals surface area contributed by atoms with Crippen molar-refractivity contribution in [1.82, 2.24) is 14.9 Å². The average Bonchev–Trinajstić information content (AvgIpc) is 3.00. The second kappa shape index (κ2) is 4.14. The van der Waals surface area contributed by atoms with Crippen molar-refractivity contribution in [2.75, 3.05) is 0 Å². The van der Waals surface area contributed by atoms with Gasteiger partial charge in [-0.1, -0.05) is 0 Å². The van der Waals surface area contributed by atoms with E-state index in [9.17, 15) is 9.90 Å². The van der Waals surface area contributed by atoms with Gasteiger partial charge in [0.25, 0.3) is 0 Å². The number of carboxylic acids is 1. The van der Waals surface area contributed by atoms with E-state index in [-0.39, 0.29) is 0 Å². The van der Waals surface area contributed by atoms with Crippen molar-refractivity contribution in [2.24, 2.45) is 0 Å². The van der Waals surface area contributed by atoms with Crippen LogP contribution in [0.4, 0.5) is 0 Å². The number of imidazole rings is 1. The molecule has 1 heterocycles. The lowest BCUT2D eigenvalue weighted by Gasteiger charge is -2.27. The molecule has 1 saturated carbocycles. The van der Waals surface area contributed by atoms with Gasteiger partial charge in [-0.2, -0.15) is 0 Å². The summed E-state index contributed by atoms with van der Waals surface area (Å²) in [6.07, 6.45) is 3.86. The van der Waals surface area contributed by atoms with Crippen LogP contribution in [0.25, 0.3) is 0 Å². The predicted molar refractivity (Wildman–Crippen MR) is 63.9 cm³/mol. The van der Waals surface area contributed by atoms with Crippen LogP contribution >= 0.6 is 0 Å². The largest absolute Gasteiger partial charge is 0.480 e. The number of carbonyl (C=O) groups is 1. The standard InChI is InChI=1S/C12H19N3O2/c1-8-9(2)15(7-13-8)6-12(3,11(16)17)14-10-4-5-10/h7,10,14H,4-6H2,1-3H3,(H,16,17). The van der Waals surface area contributed by atoms with Gasteiger partial charge in [-0.05, 0) is 33.6 Å². The molecule has 2 N–H and O–H groups in total. The normalized spacial score (nSPS) is 19.0. The van der Waals surface area contributed by atoms with Crippen LogP contribution < -0.4 is 5.32 Å². The molecule has 1 fully saturated rings. The summed E-state index contributed by atoms with van der Waals surface area (Å²) in [6.45, 7) is 6.04. The van der Waals surface area contributed by atoms with Crippen molar-refractivity contribution in [3.05, 3.63) is 17.7 Å². The van der Waals surface area contributed by atoms with Crippen LogP contribution in [-0.2, 0) is 11.3 Å². The van der Waals surface area contributed by atoms with Gasteiger partial charge in [-0.15, -0.1) is 0 Å². The van der Waals surface area contributed by atoms with Crippen molar-refractivity contribution in [3.8, 4) is 0 Å². The number of aliphatic carboxylic acids is 1. The third-order valence-corrected chi connectivity index (χ3v) is 3.40. The smallest absolute Gasteiger partial charge is 0.325 e. The molecule has 0 spiro atoms. The second-order valence-corrected chi connectivity index (χ2v) is 5.10. The summed E-state index contributed by atoms with van der Waals surface area (Å²) >= 11 is 0. The van der Waals surface area contributed by atoms with Crippen molar-refractivity contribution in [1.29, 1.82) is 0 Å². The summed E-state index contributed by atoms with van der Waals surface area (Å²) in [5.74, 6) is -0.810. The molecule has 1 aromatic rings. The summed E-state index contributed by atoms with van der Waals surface area (Å²) in [4.78, 5) is 15.6. The fraction of sp³-hybridized carbons (Fsp3) is 0.667. The van der Waals surface area contributed by atoms with Crippen molar-refractivity contribution < 1.29 is 9.90 Å². The summed E-state index contributed by atoms with van der Waals surface area (Å²) in [7, 11) is 0. The maximum absolute atomic E-state index is 11.4. The number of nitrogens with zero attached hydrogens (tertiary/aromatic N) is 2. The molecule has 5 nitrogen and oxygen atoms in total. The molecule has 0 bridgehead atoms. The molecular weight excluding hydrogens is 218 g/mol. The van der Waals surface area contributed by atoms with E-state index in [1.165, 1.54) is 0 Å². The Hall–Kier alpha value is -1.36. The molecule has 17 heavy (non-hydrogen) atoms. The first-order valence-corrected chi connectivity index (χ1v) is 5.92. The number of aromatic nitrogens is 2. The minimum atomic E-state index is -0.918. The Bertz CT molecular complexity index is 437. The van der Waals surface area contributed by atoms with E-state index in [2.05, 4.69) is 10.3 Å². The van der Waals surface area contributed by atoms with Crippen molar-refractivity contribution in [2.45, 2.75) is 51.7 Å². The topological polar surface area (TPSA) is 67.2 Å². The average molecular weight is 237 g/mol. The zero-order valence-electron chi connectivity index (χ0n) is 10.5. The molecule has 0 aliphatic heterocycles. The van der Waals surface area contributed by atoms with Gasteiger partial charge in [0, 0.05) is 11.7 Å². The van der Waals surface area contributed by atoms with Crippen LogP contribution in [-0.4, -0.2) is 32.2 Å². The quantitative estimate of drug-likeness (QED) is 0.804. The lowest BCUT2D eigenvalue weighted by Crippen LogP contribution is -2.53. The Kier molecular flexibility index (Phi) is 2.95. The highest BCUT2D eigenvalue weighted by atomic mass is 16.4. The number of hydrogen-bond donors (Lipinski definition) is 2. The fourth-order valence-electron chi connectivity index (χ4n) is 1.90. The minimum absolute atomic E-state index is 0.362. The highest BCUT2D eigenvalue weighted by molar-refractivity contribution is 5.78. The van der Waals surface area contributed by atoms with Gasteiger partial charge >= 0.3 is 5.97 Å². The van der Waals surface area contributed by atoms with Gasteiger partial charge in [0.05, 0.1) is 18.6 Å². The zero-order chi connectivity index (χ0) is 12.6.